The molecule has 2 rings (SSSR count). The second-order valence-corrected chi connectivity index (χ2v) is 4.69. The highest BCUT2D eigenvalue weighted by molar-refractivity contribution is 9.10. The van der Waals surface area contributed by atoms with Crippen molar-refractivity contribution in [2.24, 2.45) is 0 Å². The molecule has 0 aliphatic carbocycles. The minimum atomic E-state index is -0.944. The number of nitrogens with zero attached hydrogens (tertiary/aromatic N) is 1. The number of carboxylic acids is 1. The van der Waals surface area contributed by atoms with Gasteiger partial charge in [-0.15, -0.1) is 0 Å². The van der Waals surface area contributed by atoms with Crippen LogP contribution in [0, 0.1) is 0 Å². The van der Waals surface area contributed by atoms with Crippen molar-refractivity contribution < 1.29 is 9.90 Å². The van der Waals surface area contributed by atoms with Crippen molar-refractivity contribution >= 4 is 33.3 Å². The molecule has 0 aromatic heterocycles. The molecule has 0 atom stereocenters. The Kier molecular flexibility index (Phi) is 3.67. The summed E-state index contributed by atoms with van der Waals surface area (Å²) >= 11 is 3.28. The van der Waals surface area contributed by atoms with Crippen LogP contribution in [0.2, 0.25) is 0 Å². The van der Waals surface area contributed by atoms with Gasteiger partial charge < -0.3 is 10.0 Å². The van der Waals surface area contributed by atoms with E-state index in [2.05, 4.69) is 15.9 Å². The zero-order valence-electron chi connectivity index (χ0n) is 9.80. The number of halogens is 1. The normalized spacial score (nSPS) is 10.1. The lowest BCUT2D eigenvalue weighted by molar-refractivity contribution is 0.0696. The molecule has 2 aromatic carbocycles. The van der Waals surface area contributed by atoms with Crippen LogP contribution in [0.25, 0.3) is 0 Å². The summed E-state index contributed by atoms with van der Waals surface area (Å²) in [6.07, 6.45) is 0. The van der Waals surface area contributed by atoms with Gasteiger partial charge in [-0.05, 0) is 40.2 Å². The number of hydrogen-bond donors (Lipinski definition) is 1. The SMILES string of the molecule is CN(c1ccccc1)c1cccc(Br)c1C(=O)O. The summed E-state index contributed by atoms with van der Waals surface area (Å²) in [5.74, 6) is -0.944. The molecule has 0 unspecified atom stereocenters. The molecule has 0 fully saturated rings. The molecule has 0 amide bonds. The van der Waals surface area contributed by atoms with Crippen molar-refractivity contribution in [1.29, 1.82) is 0 Å². The first kappa shape index (κ1) is 12.6. The van der Waals surface area contributed by atoms with Gasteiger partial charge in [-0.2, -0.15) is 0 Å². The number of para-hydroxylation sites is 1. The van der Waals surface area contributed by atoms with E-state index in [9.17, 15) is 9.90 Å². The van der Waals surface area contributed by atoms with E-state index in [4.69, 9.17) is 0 Å². The summed E-state index contributed by atoms with van der Waals surface area (Å²) < 4.78 is 0.579. The molecule has 0 saturated carbocycles. The van der Waals surface area contributed by atoms with E-state index in [-0.39, 0.29) is 5.56 Å². The molecule has 18 heavy (non-hydrogen) atoms. The standard InChI is InChI=1S/C14H12BrNO2/c1-16(10-6-3-2-4-7-10)12-9-5-8-11(15)13(12)14(17)18/h2-9H,1H3,(H,17,18). The summed E-state index contributed by atoms with van der Waals surface area (Å²) in [7, 11) is 1.85. The number of rotatable bonds is 3. The van der Waals surface area contributed by atoms with Gasteiger partial charge >= 0.3 is 5.97 Å². The number of carbonyl (C=O) groups is 1. The van der Waals surface area contributed by atoms with Gasteiger partial charge in [0.25, 0.3) is 0 Å². The van der Waals surface area contributed by atoms with E-state index in [0.717, 1.165) is 5.69 Å². The van der Waals surface area contributed by atoms with Crippen LogP contribution in [0.3, 0.4) is 0 Å². The molecule has 1 N–H and O–H groups in total. The third kappa shape index (κ3) is 2.38. The van der Waals surface area contributed by atoms with Gasteiger partial charge in [-0.25, -0.2) is 4.79 Å². The predicted molar refractivity (Wildman–Crippen MR) is 75.6 cm³/mol. The van der Waals surface area contributed by atoms with Gasteiger partial charge in [0.1, 0.15) is 0 Å². The molecule has 0 aliphatic rings. The van der Waals surface area contributed by atoms with E-state index in [1.807, 2.05) is 48.3 Å². The molecular formula is C14H12BrNO2. The summed E-state index contributed by atoms with van der Waals surface area (Å²) in [5.41, 5.74) is 1.87. The molecule has 92 valence electrons. The zero-order chi connectivity index (χ0) is 13.1. The number of aromatic carboxylic acids is 1. The molecule has 0 spiro atoms. The lowest BCUT2D eigenvalue weighted by atomic mass is 10.1. The molecule has 0 bridgehead atoms. The van der Waals surface area contributed by atoms with E-state index >= 15 is 0 Å². The first-order chi connectivity index (χ1) is 8.61. The average molecular weight is 306 g/mol. The van der Waals surface area contributed by atoms with Crippen LogP contribution >= 0.6 is 15.9 Å². The number of anilines is 2. The summed E-state index contributed by atoms with van der Waals surface area (Å²) in [6, 6.07) is 15.0. The average Bonchev–Trinajstić information content (AvgIpc) is 2.38. The van der Waals surface area contributed by atoms with Crippen molar-refractivity contribution in [2.45, 2.75) is 0 Å². The third-order valence-corrected chi connectivity index (χ3v) is 3.37. The van der Waals surface area contributed by atoms with E-state index in [1.54, 1.807) is 12.1 Å². The molecule has 0 radical (unpaired) electrons. The Balaban J connectivity index is 2.52. The maximum Gasteiger partial charge on any atom is 0.338 e. The Bertz CT molecular complexity index is 569. The van der Waals surface area contributed by atoms with Crippen LogP contribution < -0.4 is 4.90 Å². The van der Waals surface area contributed by atoms with Crippen molar-refractivity contribution in [3.05, 3.63) is 58.6 Å². The first-order valence-electron chi connectivity index (χ1n) is 5.42. The Labute approximate surface area is 114 Å². The van der Waals surface area contributed by atoms with E-state index in [1.165, 1.54) is 0 Å². The largest absolute Gasteiger partial charge is 0.478 e. The van der Waals surface area contributed by atoms with Crippen molar-refractivity contribution in [1.82, 2.24) is 0 Å². The second kappa shape index (κ2) is 5.23. The molecular weight excluding hydrogens is 294 g/mol. The fourth-order valence-corrected chi connectivity index (χ4v) is 2.32. The highest BCUT2D eigenvalue weighted by Gasteiger charge is 2.17. The fourth-order valence-electron chi connectivity index (χ4n) is 1.79. The van der Waals surface area contributed by atoms with E-state index < -0.39 is 5.97 Å². The number of benzene rings is 2. The molecule has 4 heteroatoms. The van der Waals surface area contributed by atoms with Crippen LogP contribution in [0.15, 0.2) is 53.0 Å². The van der Waals surface area contributed by atoms with Crippen molar-refractivity contribution in [3.63, 3.8) is 0 Å². The van der Waals surface area contributed by atoms with Crippen LogP contribution in [0.1, 0.15) is 10.4 Å². The van der Waals surface area contributed by atoms with Gasteiger partial charge in [0.05, 0.1) is 11.3 Å². The van der Waals surface area contributed by atoms with Gasteiger partial charge in [0.15, 0.2) is 0 Å². The Morgan fingerprint density at radius 3 is 2.39 bits per heavy atom. The monoisotopic (exact) mass is 305 g/mol. The topological polar surface area (TPSA) is 40.5 Å². The van der Waals surface area contributed by atoms with Crippen molar-refractivity contribution in [2.75, 3.05) is 11.9 Å². The summed E-state index contributed by atoms with van der Waals surface area (Å²) in [6.45, 7) is 0. The summed E-state index contributed by atoms with van der Waals surface area (Å²) in [5, 5.41) is 9.29. The number of hydrogen-bond acceptors (Lipinski definition) is 2. The predicted octanol–water partition coefficient (Wildman–Crippen LogP) is 3.92. The maximum absolute atomic E-state index is 11.3. The molecule has 0 aliphatic heterocycles. The third-order valence-electron chi connectivity index (χ3n) is 2.71. The van der Waals surface area contributed by atoms with Gasteiger partial charge in [0.2, 0.25) is 0 Å². The lowest BCUT2D eigenvalue weighted by Gasteiger charge is -2.21. The zero-order valence-corrected chi connectivity index (χ0v) is 11.4. The lowest BCUT2D eigenvalue weighted by Crippen LogP contribution is -2.14. The number of carboxylic acid groups (broad SMARTS) is 1. The maximum atomic E-state index is 11.3. The molecule has 3 nitrogen and oxygen atoms in total. The van der Waals surface area contributed by atoms with Crippen molar-refractivity contribution in [3.8, 4) is 0 Å². The highest BCUT2D eigenvalue weighted by Crippen LogP contribution is 2.31. The Morgan fingerprint density at radius 2 is 1.78 bits per heavy atom. The van der Waals surface area contributed by atoms with Gasteiger partial charge in [-0.1, -0.05) is 24.3 Å². The Hall–Kier alpha value is -1.81. The van der Waals surface area contributed by atoms with E-state index in [0.29, 0.717) is 10.2 Å². The fraction of sp³-hybridized carbons (Fsp3) is 0.0714. The quantitative estimate of drug-likeness (QED) is 0.934. The van der Waals surface area contributed by atoms with Crippen LogP contribution in [-0.2, 0) is 0 Å². The smallest absolute Gasteiger partial charge is 0.338 e. The van der Waals surface area contributed by atoms with Gasteiger partial charge in [0, 0.05) is 17.2 Å². The van der Waals surface area contributed by atoms with Crippen LogP contribution in [0.5, 0.6) is 0 Å². The van der Waals surface area contributed by atoms with Gasteiger partial charge in [-0.3, -0.25) is 0 Å². The molecule has 2 aromatic rings. The first-order valence-corrected chi connectivity index (χ1v) is 6.21. The second-order valence-electron chi connectivity index (χ2n) is 3.83. The Morgan fingerprint density at radius 1 is 1.11 bits per heavy atom. The van der Waals surface area contributed by atoms with Crippen LogP contribution in [0.4, 0.5) is 11.4 Å². The highest BCUT2D eigenvalue weighted by atomic mass is 79.9. The minimum absolute atomic E-state index is 0.267. The summed E-state index contributed by atoms with van der Waals surface area (Å²) in [4.78, 5) is 13.2. The minimum Gasteiger partial charge on any atom is -0.478 e. The molecule has 0 saturated heterocycles. The molecule has 0 heterocycles. The van der Waals surface area contributed by atoms with Crippen LogP contribution in [-0.4, -0.2) is 18.1 Å².